The molecule has 1 aliphatic rings. The first kappa shape index (κ1) is 12.7. The molecule has 1 saturated carbocycles. The number of carbonyl (C=O) groups is 1. The van der Waals surface area contributed by atoms with Crippen LogP contribution in [0.15, 0.2) is 36.7 Å². The number of nitrogens with two attached hydrogens (primary N) is 1. The van der Waals surface area contributed by atoms with Gasteiger partial charge in [0.05, 0.1) is 0 Å². The van der Waals surface area contributed by atoms with Crippen LogP contribution in [0, 0.1) is 0 Å². The molecule has 20 heavy (non-hydrogen) atoms. The Kier molecular flexibility index (Phi) is 3.41. The minimum atomic E-state index is 0.111. The predicted octanol–water partition coefficient (Wildman–Crippen LogP) is 1.80. The molecule has 3 rings (SSSR count). The van der Waals surface area contributed by atoms with E-state index in [1.165, 1.54) is 0 Å². The first-order valence-electron chi connectivity index (χ1n) is 6.89. The number of carbonyl (C=O) groups excluding carboxylic acids is 1. The summed E-state index contributed by atoms with van der Waals surface area (Å²) in [5, 5.41) is 2.99. The number of anilines is 1. The van der Waals surface area contributed by atoms with Crippen molar-refractivity contribution < 1.29 is 4.79 Å². The highest BCUT2D eigenvalue weighted by Crippen LogP contribution is 2.21. The second-order valence-electron chi connectivity index (χ2n) is 5.16. The standard InChI is InChI=1S/C15H18N4O/c16-12-3-1-2-11(10-12)15-17-7-9-19(15)8-6-14(20)18-13-4-5-13/h1-3,7,9-10,13H,4-6,8,16H2,(H,18,20). The van der Waals surface area contributed by atoms with Crippen LogP contribution in [0.25, 0.3) is 11.4 Å². The summed E-state index contributed by atoms with van der Waals surface area (Å²) in [5.41, 5.74) is 7.48. The summed E-state index contributed by atoms with van der Waals surface area (Å²) in [7, 11) is 0. The largest absolute Gasteiger partial charge is 0.399 e. The molecule has 0 aliphatic heterocycles. The summed E-state index contributed by atoms with van der Waals surface area (Å²) in [6, 6.07) is 8.03. The summed E-state index contributed by atoms with van der Waals surface area (Å²) in [4.78, 5) is 16.1. The SMILES string of the molecule is Nc1cccc(-c2nccn2CCC(=O)NC2CC2)c1. The number of hydrogen-bond acceptors (Lipinski definition) is 3. The Labute approximate surface area is 117 Å². The summed E-state index contributed by atoms with van der Waals surface area (Å²) >= 11 is 0. The van der Waals surface area contributed by atoms with Crippen LogP contribution in [0.3, 0.4) is 0 Å². The minimum absolute atomic E-state index is 0.111. The highest BCUT2D eigenvalue weighted by Gasteiger charge is 2.22. The van der Waals surface area contributed by atoms with Crippen molar-refractivity contribution in [2.45, 2.75) is 31.8 Å². The van der Waals surface area contributed by atoms with Crippen molar-refractivity contribution in [2.75, 3.05) is 5.73 Å². The molecule has 3 N–H and O–H groups in total. The van der Waals surface area contributed by atoms with Gasteiger partial charge in [-0.3, -0.25) is 4.79 Å². The van der Waals surface area contributed by atoms with Crippen LogP contribution >= 0.6 is 0 Å². The maximum absolute atomic E-state index is 11.7. The van der Waals surface area contributed by atoms with E-state index in [1.54, 1.807) is 6.20 Å². The molecule has 1 aromatic carbocycles. The Morgan fingerprint density at radius 1 is 1.45 bits per heavy atom. The van der Waals surface area contributed by atoms with E-state index in [4.69, 9.17) is 5.73 Å². The third-order valence-corrected chi connectivity index (χ3v) is 3.38. The van der Waals surface area contributed by atoms with E-state index in [-0.39, 0.29) is 5.91 Å². The number of nitrogen functional groups attached to an aromatic ring is 1. The number of aryl methyl sites for hydroxylation is 1. The number of nitrogens with zero attached hydrogens (tertiary/aromatic N) is 2. The average Bonchev–Trinajstić information content (AvgIpc) is 3.11. The summed E-state index contributed by atoms with van der Waals surface area (Å²) in [5.74, 6) is 0.955. The van der Waals surface area contributed by atoms with Gasteiger partial charge in [0.25, 0.3) is 0 Å². The number of hydrogen-bond donors (Lipinski definition) is 2. The Balaban J connectivity index is 1.68. The number of benzene rings is 1. The monoisotopic (exact) mass is 270 g/mol. The molecule has 1 heterocycles. The average molecular weight is 270 g/mol. The lowest BCUT2D eigenvalue weighted by Crippen LogP contribution is -2.26. The second kappa shape index (κ2) is 5.36. The molecule has 5 heteroatoms. The van der Waals surface area contributed by atoms with E-state index >= 15 is 0 Å². The van der Waals surface area contributed by atoms with Crippen LogP contribution in [0.2, 0.25) is 0 Å². The van der Waals surface area contributed by atoms with Crippen LogP contribution in [0.4, 0.5) is 5.69 Å². The maximum atomic E-state index is 11.7. The number of nitrogens with one attached hydrogen (secondary N) is 1. The zero-order chi connectivity index (χ0) is 13.9. The van der Waals surface area contributed by atoms with E-state index in [0.717, 1.165) is 24.2 Å². The number of aromatic nitrogens is 2. The maximum Gasteiger partial charge on any atom is 0.222 e. The van der Waals surface area contributed by atoms with Gasteiger partial charge in [-0.05, 0) is 25.0 Å². The van der Waals surface area contributed by atoms with Crippen LogP contribution < -0.4 is 11.1 Å². The van der Waals surface area contributed by atoms with Gasteiger partial charge in [0, 0.05) is 42.7 Å². The highest BCUT2D eigenvalue weighted by molar-refractivity contribution is 5.76. The van der Waals surface area contributed by atoms with Gasteiger partial charge in [-0.15, -0.1) is 0 Å². The van der Waals surface area contributed by atoms with E-state index in [1.807, 2.05) is 35.0 Å². The fraction of sp³-hybridized carbons (Fsp3) is 0.333. The Morgan fingerprint density at radius 3 is 3.05 bits per heavy atom. The third-order valence-electron chi connectivity index (χ3n) is 3.38. The molecule has 2 aromatic rings. The van der Waals surface area contributed by atoms with Crippen molar-refractivity contribution in [3.63, 3.8) is 0 Å². The lowest BCUT2D eigenvalue weighted by molar-refractivity contribution is -0.121. The van der Waals surface area contributed by atoms with Gasteiger partial charge in [0.1, 0.15) is 5.82 Å². The molecule has 0 unspecified atom stereocenters. The Hall–Kier alpha value is -2.30. The lowest BCUT2D eigenvalue weighted by Gasteiger charge is -2.08. The van der Waals surface area contributed by atoms with Gasteiger partial charge in [-0.1, -0.05) is 12.1 Å². The van der Waals surface area contributed by atoms with E-state index in [9.17, 15) is 4.79 Å². The minimum Gasteiger partial charge on any atom is -0.399 e. The normalized spacial score (nSPS) is 14.2. The lowest BCUT2D eigenvalue weighted by atomic mass is 10.2. The van der Waals surface area contributed by atoms with Crippen molar-refractivity contribution in [3.05, 3.63) is 36.7 Å². The van der Waals surface area contributed by atoms with Crippen molar-refractivity contribution in [1.82, 2.24) is 14.9 Å². The zero-order valence-electron chi connectivity index (χ0n) is 11.2. The molecule has 0 saturated heterocycles. The highest BCUT2D eigenvalue weighted by atomic mass is 16.1. The molecule has 1 aromatic heterocycles. The predicted molar refractivity (Wildman–Crippen MR) is 77.9 cm³/mol. The molecule has 1 fully saturated rings. The molecule has 104 valence electrons. The van der Waals surface area contributed by atoms with Crippen LogP contribution in [-0.2, 0) is 11.3 Å². The number of amides is 1. The number of imidazole rings is 1. The molecule has 1 amide bonds. The topological polar surface area (TPSA) is 72.9 Å². The molecule has 0 radical (unpaired) electrons. The van der Waals surface area contributed by atoms with Gasteiger partial charge >= 0.3 is 0 Å². The van der Waals surface area contributed by atoms with E-state index in [2.05, 4.69) is 10.3 Å². The van der Waals surface area contributed by atoms with Crippen molar-refractivity contribution in [2.24, 2.45) is 0 Å². The first-order chi connectivity index (χ1) is 9.72. The molecular weight excluding hydrogens is 252 g/mol. The van der Waals surface area contributed by atoms with Gasteiger partial charge in [0.15, 0.2) is 0 Å². The molecular formula is C15H18N4O. The quantitative estimate of drug-likeness (QED) is 0.814. The smallest absolute Gasteiger partial charge is 0.222 e. The molecule has 0 spiro atoms. The van der Waals surface area contributed by atoms with Gasteiger partial charge < -0.3 is 15.6 Å². The molecule has 1 aliphatic carbocycles. The fourth-order valence-electron chi connectivity index (χ4n) is 2.18. The number of rotatable bonds is 5. The summed E-state index contributed by atoms with van der Waals surface area (Å²) in [6.07, 6.45) is 6.35. The second-order valence-corrected chi connectivity index (χ2v) is 5.16. The van der Waals surface area contributed by atoms with Crippen molar-refractivity contribution in [3.8, 4) is 11.4 Å². The van der Waals surface area contributed by atoms with Crippen LogP contribution in [0.1, 0.15) is 19.3 Å². The Bertz CT molecular complexity index is 616. The first-order valence-corrected chi connectivity index (χ1v) is 6.89. The zero-order valence-corrected chi connectivity index (χ0v) is 11.2. The molecule has 5 nitrogen and oxygen atoms in total. The fourth-order valence-corrected chi connectivity index (χ4v) is 2.18. The van der Waals surface area contributed by atoms with Crippen LogP contribution in [0.5, 0.6) is 0 Å². The molecule has 0 atom stereocenters. The van der Waals surface area contributed by atoms with Gasteiger partial charge in [0.2, 0.25) is 5.91 Å². The van der Waals surface area contributed by atoms with Crippen molar-refractivity contribution >= 4 is 11.6 Å². The summed E-state index contributed by atoms with van der Waals surface area (Å²) in [6.45, 7) is 0.628. The van der Waals surface area contributed by atoms with E-state index in [0.29, 0.717) is 24.7 Å². The summed E-state index contributed by atoms with van der Waals surface area (Å²) < 4.78 is 1.99. The molecule has 0 bridgehead atoms. The van der Waals surface area contributed by atoms with E-state index < -0.39 is 0 Å². The van der Waals surface area contributed by atoms with Crippen LogP contribution in [-0.4, -0.2) is 21.5 Å². The van der Waals surface area contributed by atoms with Crippen molar-refractivity contribution in [1.29, 1.82) is 0 Å². The third kappa shape index (κ3) is 2.99. The Morgan fingerprint density at radius 2 is 2.30 bits per heavy atom. The van der Waals surface area contributed by atoms with Gasteiger partial charge in [-0.2, -0.15) is 0 Å². The van der Waals surface area contributed by atoms with Gasteiger partial charge in [-0.25, -0.2) is 4.98 Å².